The predicted molar refractivity (Wildman–Crippen MR) is 63.0 cm³/mol. The van der Waals surface area contributed by atoms with Crippen LogP contribution in [0, 0.1) is 11.6 Å². The van der Waals surface area contributed by atoms with Gasteiger partial charge in [-0.2, -0.15) is 0 Å². The van der Waals surface area contributed by atoms with Crippen LogP contribution in [0.15, 0.2) is 18.2 Å². The molecule has 1 saturated heterocycles. The zero-order valence-corrected chi connectivity index (χ0v) is 10.0. The maximum atomic E-state index is 13.1. The highest BCUT2D eigenvalue weighted by Gasteiger charge is 2.26. The summed E-state index contributed by atoms with van der Waals surface area (Å²) in [7, 11) is 0. The van der Waals surface area contributed by atoms with Gasteiger partial charge in [0.05, 0.1) is 12.7 Å². The molecule has 5 heteroatoms. The Bertz CT molecular complexity index is 414. The lowest BCUT2D eigenvalue weighted by molar-refractivity contribution is 0.0848. The molecule has 2 N–H and O–H groups in total. The van der Waals surface area contributed by atoms with Gasteiger partial charge in [0.25, 0.3) is 0 Å². The predicted octanol–water partition coefficient (Wildman–Crippen LogP) is 1.45. The summed E-state index contributed by atoms with van der Waals surface area (Å²) in [4.78, 5) is 1.98. The quantitative estimate of drug-likeness (QED) is 0.858. The molecular formula is C13H17F2NO2. The van der Waals surface area contributed by atoms with Crippen LogP contribution in [0.4, 0.5) is 8.78 Å². The Kier molecular flexibility index (Phi) is 4.27. The number of rotatable bonds is 4. The molecule has 0 aliphatic carbocycles. The van der Waals surface area contributed by atoms with E-state index in [1.165, 1.54) is 6.07 Å². The Morgan fingerprint density at radius 2 is 2.11 bits per heavy atom. The van der Waals surface area contributed by atoms with Crippen LogP contribution in [0.2, 0.25) is 0 Å². The molecule has 1 aliphatic rings. The molecule has 0 amide bonds. The highest BCUT2D eigenvalue weighted by Crippen LogP contribution is 2.22. The van der Waals surface area contributed by atoms with Gasteiger partial charge in [-0.05, 0) is 37.1 Å². The van der Waals surface area contributed by atoms with Crippen molar-refractivity contribution in [3.63, 3.8) is 0 Å². The van der Waals surface area contributed by atoms with Crippen LogP contribution in [-0.4, -0.2) is 40.9 Å². The molecule has 0 bridgehead atoms. The summed E-state index contributed by atoms with van der Waals surface area (Å²) in [5.74, 6) is -1.87. The minimum atomic E-state index is -0.952. The fourth-order valence-corrected chi connectivity index (χ4v) is 2.39. The van der Waals surface area contributed by atoms with Crippen molar-refractivity contribution in [3.05, 3.63) is 35.4 Å². The van der Waals surface area contributed by atoms with Crippen LogP contribution >= 0.6 is 0 Å². The van der Waals surface area contributed by atoms with E-state index in [-0.39, 0.29) is 12.6 Å². The number of aliphatic hydroxyl groups is 2. The fraction of sp³-hybridized carbons (Fsp3) is 0.538. The van der Waals surface area contributed by atoms with Crippen molar-refractivity contribution in [1.82, 2.24) is 4.90 Å². The third kappa shape index (κ3) is 2.85. The lowest BCUT2D eigenvalue weighted by Crippen LogP contribution is -2.35. The van der Waals surface area contributed by atoms with E-state index >= 15 is 0 Å². The van der Waals surface area contributed by atoms with E-state index in [0.29, 0.717) is 12.1 Å². The lowest BCUT2D eigenvalue weighted by atomic mass is 10.1. The van der Waals surface area contributed by atoms with Gasteiger partial charge in [-0.25, -0.2) is 8.78 Å². The highest BCUT2D eigenvalue weighted by atomic mass is 19.2. The van der Waals surface area contributed by atoms with Crippen molar-refractivity contribution in [3.8, 4) is 0 Å². The van der Waals surface area contributed by atoms with Gasteiger partial charge < -0.3 is 10.2 Å². The first-order chi connectivity index (χ1) is 8.61. The molecule has 0 radical (unpaired) electrons. The number of likely N-dealkylation sites (tertiary alicyclic amines) is 1. The number of β-amino-alcohol motifs (C(OH)–C–C–N with tert-alkyl or cyclic N) is 1. The summed E-state index contributed by atoms with van der Waals surface area (Å²) < 4.78 is 25.8. The normalized spacial score (nSPS) is 22.3. The molecule has 0 spiro atoms. The molecule has 1 aromatic rings. The Balaban J connectivity index is 2.02. The first kappa shape index (κ1) is 13.4. The lowest BCUT2D eigenvalue weighted by Gasteiger charge is -2.25. The number of nitrogens with zero attached hydrogens (tertiary/aromatic N) is 1. The summed E-state index contributed by atoms with van der Waals surface area (Å²) in [6, 6.07) is 3.48. The van der Waals surface area contributed by atoms with Crippen molar-refractivity contribution >= 4 is 0 Å². The van der Waals surface area contributed by atoms with Gasteiger partial charge in [0.2, 0.25) is 0 Å². The van der Waals surface area contributed by atoms with Gasteiger partial charge in [-0.1, -0.05) is 6.07 Å². The Labute approximate surface area is 105 Å². The Morgan fingerprint density at radius 1 is 1.33 bits per heavy atom. The average molecular weight is 257 g/mol. The second-order valence-electron chi connectivity index (χ2n) is 4.66. The van der Waals surface area contributed by atoms with Crippen molar-refractivity contribution in [2.24, 2.45) is 0 Å². The summed E-state index contributed by atoms with van der Waals surface area (Å²) in [6.45, 7) is 1.20. The molecule has 3 nitrogen and oxygen atoms in total. The molecular weight excluding hydrogens is 240 g/mol. The van der Waals surface area contributed by atoms with Crippen molar-refractivity contribution in [2.45, 2.75) is 25.0 Å². The van der Waals surface area contributed by atoms with E-state index in [1.807, 2.05) is 4.90 Å². The fourth-order valence-electron chi connectivity index (χ4n) is 2.39. The van der Waals surface area contributed by atoms with Gasteiger partial charge in [-0.15, -0.1) is 0 Å². The maximum Gasteiger partial charge on any atom is 0.159 e. The van der Waals surface area contributed by atoms with Crippen LogP contribution in [0.1, 0.15) is 24.5 Å². The zero-order chi connectivity index (χ0) is 13.1. The first-order valence-electron chi connectivity index (χ1n) is 6.09. The maximum absolute atomic E-state index is 13.1. The minimum Gasteiger partial charge on any atom is -0.395 e. The van der Waals surface area contributed by atoms with Crippen LogP contribution in [-0.2, 0) is 0 Å². The summed E-state index contributed by atoms with van der Waals surface area (Å²) >= 11 is 0. The molecule has 2 atom stereocenters. The second kappa shape index (κ2) is 5.73. The SMILES string of the molecule is OC[C@H]1CCCN1C[C@@H](O)c1ccc(F)c(F)c1. The third-order valence-electron chi connectivity index (χ3n) is 3.45. The molecule has 1 aromatic carbocycles. The van der Waals surface area contributed by atoms with Crippen molar-refractivity contribution in [2.75, 3.05) is 19.7 Å². The van der Waals surface area contributed by atoms with Gasteiger partial charge in [0.1, 0.15) is 0 Å². The van der Waals surface area contributed by atoms with E-state index in [0.717, 1.165) is 31.5 Å². The molecule has 0 saturated carbocycles. The number of aliphatic hydroxyl groups excluding tert-OH is 2. The molecule has 1 fully saturated rings. The summed E-state index contributed by atoms with van der Waals surface area (Å²) in [5.41, 5.74) is 0.359. The Morgan fingerprint density at radius 3 is 2.78 bits per heavy atom. The molecule has 18 heavy (non-hydrogen) atoms. The van der Waals surface area contributed by atoms with Crippen molar-refractivity contribution < 1.29 is 19.0 Å². The monoisotopic (exact) mass is 257 g/mol. The largest absolute Gasteiger partial charge is 0.395 e. The Hall–Kier alpha value is -1.04. The van der Waals surface area contributed by atoms with E-state index in [4.69, 9.17) is 5.11 Å². The van der Waals surface area contributed by atoms with Gasteiger partial charge >= 0.3 is 0 Å². The summed E-state index contributed by atoms with van der Waals surface area (Å²) in [6.07, 6.45) is 1.02. The highest BCUT2D eigenvalue weighted by molar-refractivity contribution is 5.20. The molecule has 0 unspecified atom stereocenters. The summed E-state index contributed by atoms with van der Waals surface area (Å²) in [5, 5.41) is 19.2. The number of hydrogen-bond donors (Lipinski definition) is 2. The van der Waals surface area contributed by atoms with Crippen LogP contribution in [0.3, 0.4) is 0 Å². The second-order valence-corrected chi connectivity index (χ2v) is 4.66. The third-order valence-corrected chi connectivity index (χ3v) is 3.45. The number of benzene rings is 1. The van der Waals surface area contributed by atoms with Gasteiger partial charge in [0, 0.05) is 12.6 Å². The number of hydrogen-bond acceptors (Lipinski definition) is 3. The molecule has 100 valence electrons. The van der Waals surface area contributed by atoms with Crippen LogP contribution in [0.25, 0.3) is 0 Å². The zero-order valence-electron chi connectivity index (χ0n) is 10.0. The number of halogens is 2. The minimum absolute atomic E-state index is 0.0600. The van der Waals surface area contributed by atoms with E-state index in [2.05, 4.69) is 0 Å². The molecule has 2 rings (SSSR count). The van der Waals surface area contributed by atoms with Crippen molar-refractivity contribution in [1.29, 1.82) is 0 Å². The molecule has 1 aliphatic heterocycles. The van der Waals surface area contributed by atoms with E-state index < -0.39 is 17.7 Å². The smallest absolute Gasteiger partial charge is 0.159 e. The standard InChI is InChI=1S/C13H17F2NO2/c14-11-4-3-9(6-12(11)15)13(18)7-16-5-1-2-10(16)8-17/h3-4,6,10,13,17-18H,1-2,5,7-8H2/t10-,13-/m1/s1. The van der Waals surface area contributed by atoms with Crippen LogP contribution < -0.4 is 0 Å². The first-order valence-corrected chi connectivity index (χ1v) is 6.09. The van der Waals surface area contributed by atoms with Crippen LogP contribution in [0.5, 0.6) is 0 Å². The van der Waals surface area contributed by atoms with E-state index in [9.17, 15) is 13.9 Å². The van der Waals surface area contributed by atoms with Gasteiger partial charge in [-0.3, -0.25) is 4.90 Å². The topological polar surface area (TPSA) is 43.7 Å². The molecule has 1 heterocycles. The average Bonchev–Trinajstić information content (AvgIpc) is 2.79. The van der Waals surface area contributed by atoms with E-state index in [1.54, 1.807) is 0 Å². The van der Waals surface area contributed by atoms with Gasteiger partial charge in [0.15, 0.2) is 11.6 Å². The molecule has 0 aromatic heterocycles.